The number of anilines is 1. The van der Waals surface area contributed by atoms with Crippen LogP contribution in [0.25, 0.3) is 0 Å². The van der Waals surface area contributed by atoms with Gasteiger partial charge < -0.3 is 15.0 Å². The number of nitrogens with one attached hydrogen (secondary N) is 1. The van der Waals surface area contributed by atoms with E-state index < -0.39 is 0 Å². The number of carbonyl (C=O) groups excluding carboxylic acids is 1. The van der Waals surface area contributed by atoms with Gasteiger partial charge in [0.2, 0.25) is 0 Å². The first kappa shape index (κ1) is 17.2. The molecule has 2 aromatic rings. The minimum atomic E-state index is -0.0935. The summed E-state index contributed by atoms with van der Waals surface area (Å²) in [6.45, 7) is 2.16. The Morgan fingerprint density at radius 2 is 1.79 bits per heavy atom. The number of benzene rings is 2. The van der Waals surface area contributed by atoms with Crippen molar-refractivity contribution in [3.8, 4) is 5.75 Å². The van der Waals surface area contributed by atoms with Gasteiger partial charge in [0, 0.05) is 22.3 Å². The van der Waals surface area contributed by atoms with Gasteiger partial charge >= 0.3 is 0 Å². The highest BCUT2D eigenvalue weighted by molar-refractivity contribution is 14.1. The second-order valence-corrected chi connectivity index (χ2v) is 7.24. The average Bonchev–Trinajstić information content (AvgIpc) is 2.59. The highest BCUT2D eigenvalue weighted by Gasteiger charge is 2.18. The molecule has 3 rings (SSSR count). The number of likely N-dealkylation sites (tertiary alicyclic amines) is 1. The molecule has 126 valence electrons. The van der Waals surface area contributed by atoms with Crippen molar-refractivity contribution in [3.05, 3.63) is 57.7 Å². The number of halogens is 1. The number of hydrogen-bond acceptors (Lipinski definition) is 3. The topological polar surface area (TPSA) is 41.6 Å². The number of piperidine rings is 1. The number of carbonyl (C=O) groups is 1. The Morgan fingerprint density at radius 3 is 2.46 bits per heavy atom. The summed E-state index contributed by atoms with van der Waals surface area (Å²) in [7, 11) is 2.14. The van der Waals surface area contributed by atoms with Crippen molar-refractivity contribution in [2.75, 3.05) is 25.5 Å². The third kappa shape index (κ3) is 4.48. The van der Waals surface area contributed by atoms with E-state index in [1.165, 1.54) is 0 Å². The number of amides is 1. The molecule has 2 aromatic carbocycles. The molecule has 5 heteroatoms. The van der Waals surface area contributed by atoms with Crippen LogP contribution in [0.5, 0.6) is 5.75 Å². The van der Waals surface area contributed by atoms with Gasteiger partial charge in [-0.1, -0.05) is 12.1 Å². The molecule has 0 radical (unpaired) electrons. The summed E-state index contributed by atoms with van der Waals surface area (Å²) in [5.74, 6) is 0.765. The van der Waals surface area contributed by atoms with Crippen LogP contribution in [-0.2, 0) is 0 Å². The van der Waals surface area contributed by atoms with E-state index in [9.17, 15) is 4.79 Å². The van der Waals surface area contributed by atoms with E-state index in [2.05, 4.69) is 39.9 Å². The van der Waals surface area contributed by atoms with Gasteiger partial charge in [0.05, 0.1) is 5.56 Å². The van der Waals surface area contributed by atoms with Crippen molar-refractivity contribution in [1.82, 2.24) is 4.90 Å². The van der Waals surface area contributed by atoms with Gasteiger partial charge in [-0.05, 0) is 78.9 Å². The van der Waals surface area contributed by atoms with Crippen LogP contribution in [0.2, 0.25) is 0 Å². The number of hydrogen-bond donors (Lipinski definition) is 1. The Balaban J connectivity index is 1.58. The molecule has 1 heterocycles. The van der Waals surface area contributed by atoms with Gasteiger partial charge in [-0.15, -0.1) is 0 Å². The van der Waals surface area contributed by atoms with Crippen LogP contribution < -0.4 is 10.1 Å². The van der Waals surface area contributed by atoms with Crippen molar-refractivity contribution in [2.45, 2.75) is 18.9 Å². The molecule has 24 heavy (non-hydrogen) atoms. The average molecular weight is 436 g/mol. The normalized spacial score (nSPS) is 15.9. The molecule has 1 aliphatic heterocycles. The maximum Gasteiger partial charge on any atom is 0.256 e. The van der Waals surface area contributed by atoms with Crippen molar-refractivity contribution in [2.24, 2.45) is 0 Å². The van der Waals surface area contributed by atoms with E-state index in [0.717, 1.165) is 40.9 Å². The molecule has 1 aliphatic rings. The molecule has 0 bridgehead atoms. The van der Waals surface area contributed by atoms with Crippen LogP contribution in [0.1, 0.15) is 23.2 Å². The Labute approximate surface area is 156 Å². The molecular formula is C19H21IN2O2. The third-order valence-electron chi connectivity index (χ3n) is 4.20. The molecule has 4 nitrogen and oxygen atoms in total. The van der Waals surface area contributed by atoms with E-state index in [-0.39, 0.29) is 12.0 Å². The lowest BCUT2D eigenvalue weighted by Gasteiger charge is -2.29. The minimum Gasteiger partial charge on any atom is -0.490 e. The second-order valence-electron chi connectivity index (χ2n) is 6.08. The standard InChI is InChI=1S/C19H21IN2O2/c1-22-12-10-16(11-13-22)24-15-8-6-14(7-9-15)21-19(23)17-4-2-3-5-18(17)20/h2-9,16H,10-13H2,1H3,(H,21,23). The summed E-state index contributed by atoms with van der Waals surface area (Å²) in [6, 6.07) is 15.2. The lowest BCUT2D eigenvalue weighted by molar-refractivity contribution is 0.102. The van der Waals surface area contributed by atoms with E-state index in [1.54, 1.807) is 0 Å². The number of nitrogens with zero attached hydrogens (tertiary/aromatic N) is 1. The summed E-state index contributed by atoms with van der Waals surface area (Å²) in [4.78, 5) is 14.6. The summed E-state index contributed by atoms with van der Waals surface area (Å²) in [5.41, 5.74) is 1.46. The van der Waals surface area contributed by atoms with Gasteiger partial charge in [-0.25, -0.2) is 0 Å². The zero-order chi connectivity index (χ0) is 16.9. The predicted octanol–water partition coefficient (Wildman–Crippen LogP) is 4.02. The van der Waals surface area contributed by atoms with E-state index in [0.29, 0.717) is 5.56 Å². The summed E-state index contributed by atoms with van der Waals surface area (Å²) < 4.78 is 6.97. The third-order valence-corrected chi connectivity index (χ3v) is 5.14. The van der Waals surface area contributed by atoms with Crippen molar-refractivity contribution in [3.63, 3.8) is 0 Å². The zero-order valence-electron chi connectivity index (χ0n) is 13.7. The van der Waals surface area contributed by atoms with Crippen molar-refractivity contribution in [1.29, 1.82) is 0 Å². The van der Waals surface area contributed by atoms with Gasteiger partial charge in [-0.2, -0.15) is 0 Å². The maximum absolute atomic E-state index is 12.3. The Bertz CT molecular complexity index is 695. The second kappa shape index (κ2) is 7.98. The molecule has 0 saturated carbocycles. The van der Waals surface area contributed by atoms with E-state index >= 15 is 0 Å². The highest BCUT2D eigenvalue weighted by atomic mass is 127. The molecule has 1 saturated heterocycles. The molecule has 0 unspecified atom stereocenters. The lowest BCUT2D eigenvalue weighted by atomic mass is 10.1. The van der Waals surface area contributed by atoms with Gasteiger partial charge in [-0.3, -0.25) is 4.79 Å². The van der Waals surface area contributed by atoms with Gasteiger partial charge in [0.25, 0.3) is 5.91 Å². The van der Waals surface area contributed by atoms with Crippen LogP contribution in [0, 0.1) is 3.57 Å². The van der Waals surface area contributed by atoms with Crippen molar-refractivity contribution < 1.29 is 9.53 Å². The Kier molecular flexibility index (Phi) is 5.73. The SMILES string of the molecule is CN1CCC(Oc2ccc(NC(=O)c3ccccc3I)cc2)CC1. The lowest BCUT2D eigenvalue weighted by Crippen LogP contribution is -2.35. The smallest absolute Gasteiger partial charge is 0.256 e. The molecule has 0 aromatic heterocycles. The summed E-state index contributed by atoms with van der Waals surface area (Å²) in [6.07, 6.45) is 2.40. The predicted molar refractivity (Wildman–Crippen MR) is 105 cm³/mol. The number of ether oxygens (including phenoxy) is 1. The van der Waals surface area contributed by atoms with E-state index in [4.69, 9.17) is 4.74 Å². The molecule has 1 amide bonds. The fourth-order valence-electron chi connectivity index (χ4n) is 2.76. The Hall–Kier alpha value is -1.60. The molecule has 0 aliphatic carbocycles. The first-order valence-corrected chi connectivity index (χ1v) is 9.21. The fourth-order valence-corrected chi connectivity index (χ4v) is 3.39. The number of rotatable bonds is 4. The van der Waals surface area contributed by atoms with Crippen LogP contribution >= 0.6 is 22.6 Å². The first-order chi connectivity index (χ1) is 11.6. The molecule has 0 atom stereocenters. The van der Waals surface area contributed by atoms with Crippen molar-refractivity contribution >= 4 is 34.2 Å². The van der Waals surface area contributed by atoms with Crippen LogP contribution in [0.15, 0.2) is 48.5 Å². The van der Waals surface area contributed by atoms with Crippen LogP contribution in [0.4, 0.5) is 5.69 Å². The highest BCUT2D eigenvalue weighted by Crippen LogP contribution is 2.21. The maximum atomic E-state index is 12.3. The molecule has 1 fully saturated rings. The molecule has 0 spiro atoms. The van der Waals surface area contributed by atoms with Gasteiger partial charge in [0.1, 0.15) is 11.9 Å². The molecule has 1 N–H and O–H groups in total. The molecular weight excluding hydrogens is 415 g/mol. The summed E-state index contributed by atoms with van der Waals surface area (Å²) in [5, 5.41) is 2.93. The van der Waals surface area contributed by atoms with Gasteiger partial charge in [0.15, 0.2) is 0 Å². The largest absolute Gasteiger partial charge is 0.490 e. The van der Waals surface area contributed by atoms with E-state index in [1.807, 2.05) is 48.5 Å². The quantitative estimate of drug-likeness (QED) is 0.737. The fraction of sp³-hybridized carbons (Fsp3) is 0.316. The van der Waals surface area contributed by atoms with Crippen LogP contribution in [-0.4, -0.2) is 37.0 Å². The Morgan fingerprint density at radius 1 is 1.12 bits per heavy atom. The summed E-state index contributed by atoms with van der Waals surface area (Å²) >= 11 is 2.17. The monoisotopic (exact) mass is 436 g/mol. The minimum absolute atomic E-state index is 0.0935. The zero-order valence-corrected chi connectivity index (χ0v) is 15.8. The first-order valence-electron chi connectivity index (χ1n) is 8.13. The van der Waals surface area contributed by atoms with Crippen LogP contribution in [0.3, 0.4) is 0 Å².